The number of carbonyl (C=O) groups is 3. The van der Waals surface area contributed by atoms with Gasteiger partial charge in [0.2, 0.25) is 5.91 Å². The average Bonchev–Trinajstić information content (AvgIpc) is 3.78. The summed E-state index contributed by atoms with van der Waals surface area (Å²) in [4.78, 5) is 42.3. The van der Waals surface area contributed by atoms with Crippen molar-refractivity contribution < 1.29 is 18.8 Å². The molecule has 1 aliphatic rings. The SMILES string of the molecule is O=C(/C=C/c1c(C2CC2)nc2ccccc2c1-c1ccc(F)cc1)CC(=O)CC(=O)NCCc1ccccc1. The Balaban J connectivity index is 1.30. The Morgan fingerprint density at radius 1 is 0.897 bits per heavy atom. The van der Waals surface area contributed by atoms with Gasteiger partial charge in [-0.3, -0.25) is 19.4 Å². The first-order valence-electron chi connectivity index (χ1n) is 13.2. The van der Waals surface area contributed by atoms with E-state index in [1.807, 2.05) is 54.6 Å². The van der Waals surface area contributed by atoms with Crippen LogP contribution in [0.1, 0.15) is 48.4 Å². The predicted molar refractivity (Wildman–Crippen MR) is 151 cm³/mol. The molecule has 3 aromatic carbocycles. The van der Waals surface area contributed by atoms with Crippen LogP contribution in [0.5, 0.6) is 0 Å². The van der Waals surface area contributed by atoms with Gasteiger partial charge in [0.15, 0.2) is 5.78 Å². The van der Waals surface area contributed by atoms with Crippen molar-refractivity contribution in [3.63, 3.8) is 0 Å². The lowest BCUT2D eigenvalue weighted by Crippen LogP contribution is -2.28. The molecule has 5 rings (SSSR count). The summed E-state index contributed by atoms with van der Waals surface area (Å²) < 4.78 is 13.7. The van der Waals surface area contributed by atoms with Crippen LogP contribution in [-0.2, 0) is 20.8 Å². The van der Waals surface area contributed by atoms with Gasteiger partial charge in [0.05, 0.1) is 24.1 Å². The summed E-state index contributed by atoms with van der Waals surface area (Å²) >= 11 is 0. The topological polar surface area (TPSA) is 76.1 Å². The van der Waals surface area contributed by atoms with Crippen molar-refractivity contribution in [1.29, 1.82) is 0 Å². The molecule has 1 aliphatic carbocycles. The third kappa shape index (κ3) is 6.71. The van der Waals surface area contributed by atoms with Crippen LogP contribution in [0.4, 0.5) is 4.39 Å². The van der Waals surface area contributed by atoms with Gasteiger partial charge in [-0.1, -0.05) is 60.7 Å². The lowest BCUT2D eigenvalue weighted by molar-refractivity contribution is -0.129. The Kier molecular flexibility index (Phi) is 8.02. The zero-order valence-corrected chi connectivity index (χ0v) is 21.5. The van der Waals surface area contributed by atoms with Crippen LogP contribution < -0.4 is 5.32 Å². The molecule has 1 aromatic heterocycles. The lowest BCUT2D eigenvalue weighted by atomic mass is 9.92. The summed E-state index contributed by atoms with van der Waals surface area (Å²) in [5.74, 6) is -1.23. The molecular weight excluding hydrogens is 491 g/mol. The smallest absolute Gasteiger partial charge is 0.227 e. The van der Waals surface area contributed by atoms with Crippen LogP contribution in [0, 0.1) is 5.82 Å². The normalized spacial score (nSPS) is 13.1. The molecule has 1 saturated carbocycles. The Bertz CT molecular complexity index is 1540. The number of nitrogens with zero attached hydrogens (tertiary/aromatic N) is 1. The van der Waals surface area contributed by atoms with Crippen molar-refractivity contribution in [1.82, 2.24) is 10.3 Å². The highest BCUT2D eigenvalue weighted by Gasteiger charge is 2.29. The van der Waals surface area contributed by atoms with Gasteiger partial charge in [0.1, 0.15) is 11.6 Å². The number of amides is 1. The number of fused-ring (bicyclic) bond motifs is 1. The zero-order valence-electron chi connectivity index (χ0n) is 21.5. The maximum absolute atomic E-state index is 13.7. The predicted octanol–water partition coefficient (Wildman–Crippen LogP) is 6.21. The summed E-state index contributed by atoms with van der Waals surface area (Å²) in [6.45, 7) is 0.426. The van der Waals surface area contributed by atoms with Crippen LogP contribution >= 0.6 is 0 Å². The highest BCUT2D eigenvalue weighted by atomic mass is 19.1. The Labute approximate surface area is 226 Å². The van der Waals surface area contributed by atoms with Gasteiger partial charge in [-0.15, -0.1) is 0 Å². The van der Waals surface area contributed by atoms with Gasteiger partial charge in [-0.2, -0.15) is 0 Å². The number of para-hydroxylation sites is 1. The van der Waals surface area contributed by atoms with Crippen LogP contribution in [0.25, 0.3) is 28.1 Å². The highest BCUT2D eigenvalue weighted by molar-refractivity contribution is 6.11. The van der Waals surface area contributed by atoms with Gasteiger partial charge in [-0.05, 0) is 60.7 Å². The van der Waals surface area contributed by atoms with E-state index in [9.17, 15) is 18.8 Å². The van der Waals surface area contributed by atoms with Crippen LogP contribution in [0.15, 0.2) is 84.9 Å². The molecule has 0 atom stereocenters. The summed E-state index contributed by atoms with van der Waals surface area (Å²) in [5, 5.41) is 3.65. The van der Waals surface area contributed by atoms with E-state index in [1.165, 1.54) is 18.2 Å². The number of aromatic nitrogens is 1. The number of hydrogen-bond donors (Lipinski definition) is 1. The number of ketones is 2. The summed E-state index contributed by atoms with van der Waals surface area (Å²) in [6.07, 6.45) is 5.13. The molecule has 0 spiro atoms. The number of allylic oxidation sites excluding steroid dienone is 1. The summed E-state index contributed by atoms with van der Waals surface area (Å²) in [6, 6.07) is 23.8. The van der Waals surface area contributed by atoms with E-state index in [2.05, 4.69) is 5.32 Å². The highest BCUT2D eigenvalue weighted by Crippen LogP contribution is 2.45. The number of carbonyl (C=O) groups excluding carboxylic acids is 3. The minimum absolute atomic E-state index is 0.296. The maximum atomic E-state index is 13.7. The van der Waals surface area contributed by atoms with Crippen molar-refractivity contribution >= 4 is 34.5 Å². The number of Topliss-reactive ketones (excluding diaryl/α,β-unsaturated/α-hetero) is 1. The molecule has 4 aromatic rings. The van der Waals surface area contributed by atoms with Crippen LogP contribution in [-0.4, -0.2) is 29.0 Å². The van der Waals surface area contributed by atoms with Gasteiger partial charge in [0.25, 0.3) is 0 Å². The minimum Gasteiger partial charge on any atom is -0.355 e. The van der Waals surface area contributed by atoms with E-state index in [1.54, 1.807) is 18.2 Å². The van der Waals surface area contributed by atoms with Crippen LogP contribution in [0.2, 0.25) is 0 Å². The number of nitrogens with one attached hydrogen (secondary N) is 1. The quantitative estimate of drug-likeness (QED) is 0.188. The fraction of sp³-hybridized carbons (Fsp3) is 0.212. The van der Waals surface area contributed by atoms with Crippen molar-refractivity contribution in [2.75, 3.05) is 6.54 Å². The number of pyridine rings is 1. The first-order valence-corrected chi connectivity index (χ1v) is 13.2. The zero-order chi connectivity index (χ0) is 27.2. The number of hydrogen-bond acceptors (Lipinski definition) is 4. The third-order valence-electron chi connectivity index (χ3n) is 6.80. The van der Waals surface area contributed by atoms with E-state index in [-0.39, 0.29) is 30.3 Å². The van der Waals surface area contributed by atoms with E-state index in [4.69, 9.17) is 4.98 Å². The van der Waals surface area contributed by atoms with Gasteiger partial charge >= 0.3 is 0 Å². The van der Waals surface area contributed by atoms with E-state index in [0.29, 0.717) is 18.9 Å². The Hall–Kier alpha value is -4.45. The van der Waals surface area contributed by atoms with Gasteiger partial charge < -0.3 is 5.32 Å². The summed E-state index contributed by atoms with van der Waals surface area (Å²) in [7, 11) is 0. The monoisotopic (exact) mass is 520 g/mol. The molecular formula is C33H29FN2O3. The van der Waals surface area contributed by atoms with Crippen molar-refractivity contribution in [2.45, 2.75) is 38.0 Å². The van der Waals surface area contributed by atoms with E-state index < -0.39 is 5.78 Å². The van der Waals surface area contributed by atoms with Crippen molar-refractivity contribution in [3.8, 4) is 11.1 Å². The largest absolute Gasteiger partial charge is 0.355 e. The summed E-state index contributed by atoms with van der Waals surface area (Å²) in [5.41, 5.74) is 5.36. The molecule has 1 N–H and O–H groups in total. The van der Waals surface area contributed by atoms with E-state index >= 15 is 0 Å². The minimum atomic E-state index is -0.431. The number of rotatable bonds is 11. The molecule has 0 bridgehead atoms. The van der Waals surface area contributed by atoms with Crippen molar-refractivity contribution in [2.24, 2.45) is 0 Å². The maximum Gasteiger partial charge on any atom is 0.227 e. The van der Waals surface area contributed by atoms with Crippen molar-refractivity contribution in [3.05, 3.63) is 108 Å². The second-order valence-electron chi connectivity index (χ2n) is 9.86. The first kappa shape index (κ1) is 26.2. The van der Waals surface area contributed by atoms with Gasteiger partial charge in [-0.25, -0.2) is 4.39 Å². The Morgan fingerprint density at radius 3 is 2.36 bits per heavy atom. The van der Waals surface area contributed by atoms with Crippen LogP contribution in [0.3, 0.4) is 0 Å². The molecule has 1 heterocycles. The first-order chi connectivity index (χ1) is 19.0. The third-order valence-corrected chi connectivity index (χ3v) is 6.80. The molecule has 6 heteroatoms. The number of benzene rings is 3. The molecule has 1 fully saturated rings. The second kappa shape index (κ2) is 11.9. The van der Waals surface area contributed by atoms with Gasteiger partial charge in [0, 0.05) is 29.0 Å². The average molecular weight is 521 g/mol. The van der Waals surface area contributed by atoms with E-state index in [0.717, 1.165) is 51.7 Å². The molecule has 0 radical (unpaired) electrons. The molecule has 0 aliphatic heterocycles. The molecule has 0 saturated heterocycles. The lowest BCUT2D eigenvalue weighted by Gasteiger charge is -2.15. The fourth-order valence-electron chi connectivity index (χ4n) is 4.73. The number of halogens is 1. The second-order valence-corrected chi connectivity index (χ2v) is 9.86. The molecule has 1 amide bonds. The molecule has 5 nitrogen and oxygen atoms in total. The molecule has 39 heavy (non-hydrogen) atoms. The standard InChI is InChI=1S/C33H29FN2O3/c34-25-14-12-23(13-15-25)32-28-8-4-5-9-30(28)36-33(24-10-11-24)29(32)17-16-26(37)20-27(38)21-31(39)35-19-18-22-6-2-1-3-7-22/h1-9,12-17,24H,10-11,18-21H2,(H,35,39)/b17-16+. The molecule has 196 valence electrons. The molecule has 0 unspecified atom stereocenters. The Morgan fingerprint density at radius 2 is 1.62 bits per heavy atom. The fourth-order valence-corrected chi connectivity index (χ4v) is 4.73.